The number of carbonyl (C=O) groups is 4. The van der Waals surface area contributed by atoms with Crippen LogP contribution in [0.15, 0.2) is 0 Å². The number of nitrogens with zero attached hydrogens (tertiary/aromatic N) is 2. The molecule has 0 aliphatic carbocycles. The molecular formula is C28H55N3O8. The van der Waals surface area contributed by atoms with Gasteiger partial charge in [-0.25, -0.2) is 9.59 Å². The number of esters is 1. The zero-order valence-corrected chi connectivity index (χ0v) is 24.7. The van der Waals surface area contributed by atoms with E-state index < -0.39 is 11.2 Å². The highest BCUT2D eigenvalue weighted by Crippen LogP contribution is 2.21. The van der Waals surface area contributed by atoms with E-state index in [1.54, 1.807) is 23.6 Å². The molecule has 2 amide bonds. The molecule has 0 aromatic heterocycles. The first-order chi connectivity index (χ1) is 17.6. The number of hydrogen-bond acceptors (Lipinski definition) is 9. The van der Waals surface area contributed by atoms with Crippen molar-refractivity contribution < 1.29 is 38.5 Å². The zero-order chi connectivity index (χ0) is 29.5. The first kappa shape index (κ1) is 38.7. The highest BCUT2D eigenvalue weighted by Gasteiger charge is 2.32. The van der Waals surface area contributed by atoms with Crippen LogP contribution in [0.2, 0.25) is 0 Å². The number of Topliss-reactive ketones (excluding diaryl/α,β-unsaturated/α-hetero) is 1. The number of ketones is 1. The van der Waals surface area contributed by atoms with Crippen molar-refractivity contribution in [3.63, 3.8) is 0 Å². The Morgan fingerprint density at radius 2 is 1.21 bits per heavy atom. The van der Waals surface area contributed by atoms with Crippen molar-refractivity contribution in [3.8, 4) is 0 Å². The molecule has 11 heteroatoms. The monoisotopic (exact) mass is 561 g/mol. The summed E-state index contributed by atoms with van der Waals surface area (Å²) in [5.41, 5.74) is 4.34. The number of piperidine rings is 2. The second-order valence-corrected chi connectivity index (χ2v) is 11.3. The predicted molar refractivity (Wildman–Crippen MR) is 151 cm³/mol. The van der Waals surface area contributed by atoms with Crippen LogP contribution in [0.3, 0.4) is 0 Å². The minimum absolute atomic E-state index is 0. The van der Waals surface area contributed by atoms with Crippen LogP contribution in [-0.4, -0.2) is 96.0 Å². The van der Waals surface area contributed by atoms with Gasteiger partial charge < -0.3 is 34.9 Å². The highest BCUT2D eigenvalue weighted by molar-refractivity contribution is 5.83. The Hall–Kier alpha value is -2.40. The Kier molecular flexibility index (Phi) is 18.7. The first-order valence-electron chi connectivity index (χ1n) is 13.5. The summed E-state index contributed by atoms with van der Waals surface area (Å²) >= 11 is 0. The van der Waals surface area contributed by atoms with Gasteiger partial charge in [0.25, 0.3) is 0 Å². The third-order valence-electron chi connectivity index (χ3n) is 5.42. The largest absolute Gasteiger partial charge is 0.466 e. The summed E-state index contributed by atoms with van der Waals surface area (Å²) in [6.07, 6.45) is 2.54. The second-order valence-electron chi connectivity index (χ2n) is 11.3. The van der Waals surface area contributed by atoms with Gasteiger partial charge in [-0.2, -0.15) is 0 Å². The van der Waals surface area contributed by atoms with Crippen molar-refractivity contribution in [3.05, 3.63) is 0 Å². The molecule has 0 unspecified atom stereocenters. The van der Waals surface area contributed by atoms with E-state index in [9.17, 15) is 19.2 Å². The van der Waals surface area contributed by atoms with Gasteiger partial charge in [0, 0.05) is 38.7 Å². The number of likely N-dealkylation sites (tertiary alicyclic amines) is 2. The van der Waals surface area contributed by atoms with Crippen molar-refractivity contribution in [1.82, 2.24) is 9.80 Å². The minimum Gasteiger partial charge on any atom is -0.466 e. The van der Waals surface area contributed by atoms with Crippen LogP contribution < -0.4 is 5.73 Å². The maximum atomic E-state index is 11.9. The third kappa shape index (κ3) is 17.0. The lowest BCUT2D eigenvalue weighted by Crippen LogP contribution is -2.45. The summed E-state index contributed by atoms with van der Waals surface area (Å²) in [7, 11) is 0. The van der Waals surface area contributed by atoms with Gasteiger partial charge in [-0.05, 0) is 81.1 Å². The molecule has 0 aromatic carbocycles. The van der Waals surface area contributed by atoms with Crippen LogP contribution in [0.5, 0.6) is 0 Å². The van der Waals surface area contributed by atoms with E-state index in [0.717, 1.165) is 25.7 Å². The number of nitrogens with two attached hydrogens (primary N) is 1. The lowest BCUT2D eigenvalue weighted by Gasteiger charge is -2.33. The van der Waals surface area contributed by atoms with Crippen molar-refractivity contribution in [2.45, 2.75) is 99.7 Å². The molecule has 0 aromatic rings. The molecule has 39 heavy (non-hydrogen) atoms. The van der Waals surface area contributed by atoms with Gasteiger partial charge in [0.2, 0.25) is 0 Å². The van der Waals surface area contributed by atoms with Crippen LogP contribution >= 0.6 is 0 Å². The number of aliphatic hydroxyl groups is 1. The van der Waals surface area contributed by atoms with Crippen LogP contribution in [0, 0.1) is 11.8 Å². The maximum Gasteiger partial charge on any atom is 0.410 e. The Morgan fingerprint density at radius 1 is 0.821 bits per heavy atom. The molecule has 11 nitrogen and oxygen atoms in total. The normalized spacial score (nSPS) is 19.1. The fourth-order valence-electron chi connectivity index (χ4n) is 3.82. The van der Waals surface area contributed by atoms with Gasteiger partial charge in [0.1, 0.15) is 11.2 Å². The smallest absolute Gasteiger partial charge is 0.410 e. The van der Waals surface area contributed by atoms with E-state index >= 15 is 0 Å². The van der Waals surface area contributed by atoms with Gasteiger partial charge in [-0.3, -0.25) is 9.59 Å². The molecule has 3 N–H and O–H groups in total. The number of aliphatic hydroxyl groups excluding tert-OH is 1. The number of carbonyl (C=O) groups excluding carboxylic acids is 4. The van der Waals surface area contributed by atoms with Gasteiger partial charge >= 0.3 is 18.2 Å². The fraction of sp³-hybridized carbons (Fsp3) is 0.857. The van der Waals surface area contributed by atoms with E-state index in [4.69, 9.17) is 25.1 Å². The summed E-state index contributed by atoms with van der Waals surface area (Å²) in [5, 5.41) is 7.57. The second kappa shape index (κ2) is 18.8. The van der Waals surface area contributed by atoms with Gasteiger partial charge in [0.05, 0.1) is 19.1 Å². The summed E-state index contributed by atoms with van der Waals surface area (Å²) in [5.74, 6) is -0.531. The molecule has 0 bridgehead atoms. The summed E-state index contributed by atoms with van der Waals surface area (Å²) in [6.45, 7) is 17.3. The Labute approximate surface area is 235 Å². The lowest BCUT2D eigenvalue weighted by atomic mass is 9.94. The topological polar surface area (TPSA) is 149 Å². The molecule has 2 saturated heterocycles. The number of rotatable bonds is 4. The molecule has 0 spiro atoms. The van der Waals surface area contributed by atoms with E-state index in [1.807, 2.05) is 41.5 Å². The highest BCUT2D eigenvalue weighted by atomic mass is 16.6. The van der Waals surface area contributed by atoms with Gasteiger partial charge in [0.15, 0.2) is 5.78 Å². The van der Waals surface area contributed by atoms with E-state index in [1.165, 1.54) is 0 Å². The molecule has 0 radical (unpaired) electrons. The van der Waals surface area contributed by atoms with Crippen molar-refractivity contribution in [1.29, 1.82) is 0 Å². The van der Waals surface area contributed by atoms with Crippen LogP contribution in [0.4, 0.5) is 9.59 Å². The number of hydrogen-bond donors (Lipinski definition) is 2. The number of amides is 2. The fourth-order valence-corrected chi connectivity index (χ4v) is 3.82. The molecule has 2 fully saturated rings. The molecule has 2 aliphatic rings. The van der Waals surface area contributed by atoms with Crippen molar-refractivity contribution >= 4 is 23.9 Å². The van der Waals surface area contributed by atoms with E-state index in [-0.39, 0.29) is 56.4 Å². The summed E-state index contributed by atoms with van der Waals surface area (Å²) in [6, 6.07) is 0. The maximum absolute atomic E-state index is 11.9. The third-order valence-corrected chi connectivity index (χ3v) is 5.42. The molecule has 230 valence electrons. The quantitative estimate of drug-likeness (QED) is 0.384. The number of ether oxygens (including phenoxy) is 3. The average molecular weight is 562 g/mol. The van der Waals surface area contributed by atoms with E-state index in [0.29, 0.717) is 32.8 Å². The average Bonchev–Trinajstić information content (AvgIpc) is 2.82. The lowest BCUT2D eigenvalue weighted by molar-refractivity contribution is -0.149. The molecule has 2 atom stereocenters. The van der Waals surface area contributed by atoms with Crippen LogP contribution in [0.1, 0.15) is 88.5 Å². The predicted octanol–water partition coefficient (Wildman–Crippen LogP) is 3.99. The molecule has 2 heterocycles. The minimum atomic E-state index is -0.506. The summed E-state index contributed by atoms with van der Waals surface area (Å²) in [4.78, 5) is 50.1. The summed E-state index contributed by atoms with van der Waals surface area (Å²) < 4.78 is 15.6. The first-order valence-corrected chi connectivity index (χ1v) is 13.5. The Morgan fingerprint density at radius 3 is 1.56 bits per heavy atom. The molecular weight excluding hydrogens is 506 g/mol. The Bertz CT molecular complexity index is 746. The van der Waals surface area contributed by atoms with Gasteiger partial charge in [-0.15, -0.1) is 0 Å². The molecule has 2 aliphatic heterocycles. The Balaban J connectivity index is 0. The zero-order valence-electron chi connectivity index (χ0n) is 24.7. The van der Waals surface area contributed by atoms with Gasteiger partial charge in [-0.1, -0.05) is 7.43 Å². The van der Waals surface area contributed by atoms with Crippen LogP contribution in [0.25, 0.3) is 0 Å². The van der Waals surface area contributed by atoms with Crippen molar-refractivity contribution in [2.24, 2.45) is 17.6 Å². The van der Waals surface area contributed by atoms with Crippen molar-refractivity contribution in [2.75, 3.05) is 45.9 Å². The SMILES string of the molecule is C.CC(C)(C)OC(=O)N1CCC[C@@H](C(=O)CN)C1.CCO.CCOC(=O)[C@@H]1CCCN(C(=O)OC(C)(C)C)C1. The molecule has 0 saturated carbocycles. The molecule has 2 rings (SSSR count). The van der Waals surface area contributed by atoms with E-state index in [2.05, 4.69) is 0 Å². The standard InChI is InChI=1S/C13H23NO4.C12H22N2O3.C2H6O.CH4/c1-5-17-11(15)10-7-6-8-14(9-10)12(16)18-13(2,3)4;1-12(2,3)17-11(16)14-6-4-5-9(8-14)10(15)7-13;1-2-3;/h10H,5-9H2,1-4H3;9H,4-8,13H2,1-3H3;3H,2H2,1H3;1H4/t10-;9-;;/m11../s1. The van der Waals surface area contributed by atoms with Crippen LogP contribution in [-0.2, 0) is 23.8 Å².